The highest BCUT2D eigenvalue weighted by atomic mass is 16.9. The lowest BCUT2D eigenvalue weighted by atomic mass is 10.0. The monoisotopic (exact) mass is 604 g/mol. The lowest BCUT2D eigenvalue weighted by Gasteiger charge is -2.33. The molecule has 3 aliphatic rings. The maximum Gasteiger partial charge on any atom is 0.412 e. The Bertz CT molecular complexity index is 953. The molecule has 9 nitrogen and oxygen atoms in total. The first-order chi connectivity index (χ1) is 20.8. The maximum atomic E-state index is 13.1. The molecule has 3 aliphatic heterocycles. The molecule has 0 radical (unpaired) electrons. The summed E-state index contributed by atoms with van der Waals surface area (Å²) in [4.78, 5) is 15.5. The molecule has 1 aromatic rings. The minimum atomic E-state index is -1.13. The summed E-state index contributed by atoms with van der Waals surface area (Å²) in [5.41, 5.74) is 0.618. The Balaban J connectivity index is 1.32. The molecule has 3 heterocycles. The Morgan fingerprint density at radius 2 is 1.58 bits per heavy atom. The highest BCUT2D eigenvalue weighted by Gasteiger charge is 2.66. The minimum Gasteiger partial charge on any atom is -0.497 e. The fourth-order valence-corrected chi connectivity index (χ4v) is 6.49. The van der Waals surface area contributed by atoms with Crippen LogP contribution in [0.15, 0.2) is 24.3 Å². The SMILES string of the molecule is CCCCCCCCCCCCOC[C@@]12O[C@@H](CN3CCCCC3)[C@@H](OC(=O)Nc3ccc(OC)cc3)[C@@H]1OC(C)(C)O2. The van der Waals surface area contributed by atoms with Crippen LogP contribution in [-0.4, -0.2) is 80.8 Å². The van der Waals surface area contributed by atoms with Crippen LogP contribution in [0, 0.1) is 0 Å². The van der Waals surface area contributed by atoms with Crippen LogP contribution >= 0.6 is 0 Å². The molecule has 9 heteroatoms. The summed E-state index contributed by atoms with van der Waals surface area (Å²) in [6.45, 7) is 9.52. The number of methoxy groups -OCH3 is 1. The van der Waals surface area contributed by atoms with Crippen molar-refractivity contribution in [3.05, 3.63) is 24.3 Å². The topological polar surface area (TPSA) is 87.7 Å². The van der Waals surface area contributed by atoms with Gasteiger partial charge in [0, 0.05) is 18.8 Å². The molecule has 3 saturated heterocycles. The molecule has 0 unspecified atom stereocenters. The van der Waals surface area contributed by atoms with E-state index in [-0.39, 0.29) is 6.61 Å². The molecule has 244 valence electrons. The number of nitrogens with one attached hydrogen (secondary N) is 1. The van der Waals surface area contributed by atoms with Gasteiger partial charge in [-0.05, 0) is 70.5 Å². The van der Waals surface area contributed by atoms with Gasteiger partial charge in [0.25, 0.3) is 0 Å². The average molecular weight is 605 g/mol. The van der Waals surface area contributed by atoms with Crippen LogP contribution in [0.2, 0.25) is 0 Å². The van der Waals surface area contributed by atoms with Gasteiger partial charge in [0.05, 0.1) is 7.11 Å². The standard InChI is InChI=1S/C34H56N2O7/c1-5-6-7-8-9-10-11-12-13-17-24-39-26-34-31(42-33(2,3)43-34)30(29(41-34)25-36-22-15-14-16-23-36)40-32(37)35-27-18-20-28(38-4)21-19-27/h18-21,29-31H,5-17,22-26H2,1-4H3,(H,35,37)/t29-,30+,31-,34-/m0/s1. The molecule has 1 amide bonds. The van der Waals surface area contributed by atoms with E-state index in [1.165, 1.54) is 57.8 Å². The van der Waals surface area contributed by atoms with Gasteiger partial charge in [-0.1, -0.05) is 71.1 Å². The molecule has 0 aromatic heterocycles. The third-order valence-electron chi connectivity index (χ3n) is 8.69. The summed E-state index contributed by atoms with van der Waals surface area (Å²) in [5.74, 6) is -1.31. The smallest absolute Gasteiger partial charge is 0.412 e. The van der Waals surface area contributed by atoms with Crippen LogP contribution in [0.25, 0.3) is 0 Å². The number of likely N-dealkylation sites (tertiary alicyclic amines) is 1. The number of fused-ring (bicyclic) bond motifs is 1. The number of hydrogen-bond acceptors (Lipinski definition) is 8. The molecule has 4 atom stereocenters. The first kappa shape index (κ1) is 34.0. The van der Waals surface area contributed by atoms with Gasteiger partial charge in [-0.15, -0.1) is 0 Å². The Morgan fingerprint density at radius 1 is 0.930 bits per heavy atom. The van der Waals surface area contributed by atoms with Crippen molar-refractivity contribution in [2.75, 3.05) is 45.3 Å². The first-order valence-electron chi connectivity index (χ1n) is 16.8. The summed E-state index contributed by atoms with van der Waals surface area (Å²) >= 11 is 0. The summed E-state index contributed by atoms with van der Waals surface area (Å²) in [5, 5.41) is 2.84. The number of carbonyl (C=O) groups is 1. The van der Waals surface area contributed by atoms with Gasteiger partial charge in [-0.3, -0.25) is 5.32 Å². The van der Waals surface area contributed by atoms with Crippen molar-refractivity contribution in [2.45, 2.75) is 134 Å². The Kier molecular flexibility index (Phi) is 13.4. The maximum absolute atomic E-state index is 13.1. The van der Waals surface area contributed by atoms with Crippen molar-refractivity contribution in [2.24, 2.45) is 0 Å². The molecule has 43 heavy (non-hydrogen) atoms. The fraction of sp³-hybridized carbons (Fsp3) is 0.794. The van der Waals surface area contributed by atoms with Gasteiger partial charge in [0.2, 0.25) is 5.79 Å². The normalized spacial score (nSPS) is 26.7. The molecule has 0 bridgehead atoms. The molecule has 4 rings (SSSR count). The van der Waals surface area contributed by atoms with E-state index in [2.05, 4.69) is 17.1 Å². The first-order valence-corrected chi connectivity index (χ1v) is 16.8. The van der Waals surface area contributed by atoms with Gasteiger partial charge in [-0.25, -0.2) is 4.79 Å². The van der Waals surface area contributed by atoms with Crippen molar-refractivity contribution in [1.29, 1.82) is 0 Å². The van der Waals surface area contributed by atoms with Crippen LogP contribution in [0.3, 0.4) is 0 Å². The van der Waals surface area contributed by atoms with Crippen LogP contribution in [-0.2, 0) is 23.7 Å². The number of piperidine rings is 1. The van der Waals surface area contributed by atoms with Crippen LogP contribution in [0.1, 0.15) is 104 Å². The lowest BCUT2D eigenvalue weighted by Crippen LogP contribution is -2.46. The second kappa shape index (κ2) is 17.0. The fourth-order valence-electron chi connectivity index (χ4n) is 6.49. The number of hydrogen-bond donors (Lipinski definition) is 1. The van der Waals surface area contributed by atoms with Crippen molar-refractivity contribution in [1.82, 2.24) is 4.90 Å². The van der Waals surface area contributed by atoms with E-state index >= 15 is 0 Å². The van der Waals surface area contributed by atoms with E-state index in [9.17, 15) is 4.79 Å². The molecule has 1 aromatic carbocycles. The highest BCUT2D eigenvalue weighted by molar-refractivity contribution is 5.84. The number of nitrogens with zero attached hydrogens (tertiary/aromatic N) is 1. The number of ether oxygens (including phenoxy) is 6. The summed E-state index contributed by atoms with van der Waals surface area (Å²) in [7, 11) is 1.61. The van der Waals surface area contributed by atoms with E-state index in [0.717, 1.165) is 38.8 Å². The second-order valence-electron chi connectivity index (χ2n) is 12.8. The van der Waals surface area contributed by atoms with Gasteiger partial charge in [-0.2, -0.15) is 0 Å². The molecule has 0 saturated carbocycles. The number of amides is 1. The number of anilines is 1. The molecule has 0 aliphatic carbocycles. The Labute approximate surface area is 259 Å². The second-order valence-corrected chi connectivity index (χ2v) is 12.8. The zero-order chi connectivity index (χ0) is 30.5. The largest absolute Gasteiger partial charge is 0.497 e. The molecular weight excluding hydrogens is 548 g/mol. The van der Waals surface area contributed by atoms with Gasteiger partial charge >= 0.3 is 6.09 Å². The lowest BCUT2D eigenvalue weighted by molar-refractivity contribution is -0.279. The quantitative estimate of drug-likeness (QED) is 0.175. The van der Waals surface area contributed by atoms with E-state index in [1.807, 2.05) is 13.8 Å². The number of unbranched alkanes of at least 4 members (excludes halogenated alkanes) is 9. The van der Waals surface area contributed by atoms with Gasteiger partial charge in [0.15, 0.2) is 18.0 Å². The minimum absolute atomic E-state index is 0.231. The predicted octanol–water partition coefficient (Wildman–Crippen LogP) is 7.28. The number of rotatable bonds is 18. The van der Waals surface area contributed by atoms with Crippen molar-refractivity contribution in [3.63, 3.8) is 0 Å². The molecule has 0 spiro atoms. The third-order valence-corrected chi connectivity index (χ3v) is 8.69. The zero-order valence-corrected chi connectivity index (χ0v) is 27.1. The molecule has 1 N–H and O–H groups in total. The van der Waals surface area contributed by atoms with Crippen LogP contribution in [0.5, 0.6) is 5.75 Å². The van der Waals surface area contributed by atoms with Crippen molar-refractivity contribution < 1.29 is 33.2 Å². The molecular formula is C34H56N2O7. The molecule has 3 fully saturated rings. The summed E-state index contributed by atoms with van der Waals surface area (Å²) in [6.07, 6.45) is 14.1. The summed E-state index contributed by atoms with van der Waals surface area (Å²) < 4.78 is 37.0. The van der Waals surface area contributed by atoms with Gasteiger partial charge in [0.1, 0.15) is 18.5 Å². The summed E-state index contributed by atoms with van der Waals surface area (Å²) in [6, 6.07) is 7.14. The Hall–Kier alpha value is -1.91. The number of benzene rings is 1. The van der Waals surface area contributed by atoms with E-state index in [4.69, 9.17) is 28.4 Å². The van der Waals surface area contributed by atoms with Gasteiger partial charge < -0.3 is 33.3 Å². The predicted molar refractivity (Wildman–Crippen MR) is 167 cm³/mol. The van der Waals surface area contributed by atoms with Crippen LogP contribution < -0.4 is 10.1 Å². The third kappa shape index (κ3) is 10.3. The van der Waals surface area contributed by atoms with Crippen molar-refractivity contribution >= 4 is 11.8 Å². The van der Waals surface area contributed by atoms with E-state index in [1.54, 1.807) is 31.4 Å². The van der Waals surface area contributed by atoms with Crippen molar-refractivity contribution in [3.8, 4) is 5.75 Å². The highest BCUT2D eigenvalue weighted by Crippen LogP contribution is 2.47. The van der Waals surface area contributed by atoms with E-state index < -0.39 is 36.0 Å². The average Bonchev–Trinajstić information content (AvgIpc) is 3.40. The van der Waals surface area contributed by atoms with E-state index in [0.29, 0.717) is 24.6 Å². The number of carbonyl (C=O) groups excluding carboxylic acids is 1. The van der Waals surface area contributed by atoms with Crippen LogP contribution in [0.4, 0.5) is 10.5 Å². The Morgan fingerprint density at radius 3 is 2.23 bits per heavy atom. The zero-order valence-electron chi connectivity index (χ0n) is 27.1.